The molecule has 0 unspecified atom stereocenters. The quantitative estimate of drug-likeness (QED) is 0.725. The van der Waals surface area contributed by atoms with Gasteiger partial charge in [0.1, 0.15) is 11.8 Å². The fourth-order valence-corrected chi connectivity index (χ4v) is 2.42. The van der Waals surface area contributed by atoms with Crippen molar-refractivity contribution >= 4 is 23.4 Å². The summed E-state index contributed by atoms with van der Waals surface area (Å²) in [7, 11) is 1.58. The van der Waals surface area contributed by atoms with Crippen LogP contribution in [0.5, 0.6) is 5.88 Å². The number of rotatable bonds is 5. The molecular formula is C12H14N6OS. The van der Waals surface area contributed by atoms with Crippen molar-refractivity contribution in [3.63, 3.8) is 0 Å². The standard InChI is InChI=1S/C12H14N6OS/c1-19-11-9-10(14-7-15-11)18(12(20)16-9)5-2-4-17-6-3-13-8-17/h3,6-8H,2,4-5H2,1H3,(H,16,20). The molecule has 0 fully saturated rings. The Morgan fingerprint density at radius 3 is 3.00 bits per heavy atom. The van der Waals surface area contributed by atoms with Crippen molar-refractivity contribution in [2.75, 3.05) is 7.11 Å². The molecule has 0 amide bonds. The Labute approximate surface area is 120 Å². The molecular weight excluding hydrogens is 276 g/mol. The number of nitrogens with zero attached hydrogens (tertiary/aromatic N) is 5. The highest BCUT2D eigenvalue weighted by molar-refractivity contribution is 7.71. The van der Waals surface area contributed by atoms with Crippen molar-refractivity contribution in [1.82, 2.24) is 29.1 Å². The second kappa shape index (κ2) is 5.41. The van der Waals surface area contributed by atoms with Gasteiger partial charge in [0, 0.05) is 25.5 Å². The lowest BCUT2D eigenvalue weighted by Crippen LogP contribution is -2.04. The first-order chi connectivity index (χ1) is 9.79. The van der Waals surface area contributed by atoms with Crippen LogP contribution in [-0.4, -0.2) is 36.2 Å². The Balaban J connectivity index is 1.84. The Hall–Kier alpha value is -2.22. The summed E-state index contributed by atoms with van der Waals surface area (Å²) in [6.45, 7) is 1.66. The zero-order valence-electron chi connectivity index (χ0n) is 11.0. The van der Waals surface area contributed by atoms with Crippen molar-refractivity contribution in [3.8, 4) is 5.88 Å². The Kier molecular flexibility index (Phi) is 3.46. The number of aromatic amines is 1. The third-order valence-corrected chi connectivity index (χ3v) is 3.40. The molecule has 0 spiro atoms. The van der Waals surface area contributed by atoms with Gasteiger partial charge in [-0.2, -0.15) is 4.98 Å². The Morgan fingerprint density at radius 2 is 2.25 bits per heavy atom. The Bertz CT molecular complexity index is 760. The number of methoxy groups -OCH3 is 1. The van der Waals surface area contributed by atoms with E-state index in [0.717, 1.165) is 30.7 Å². The number of hydrogen-bond acceptors (Lipinski definition) is 5. The largest absolute Gasteiger partial charge is 0.479 e. The molecule has 104 valence electrons. The van der Waals surface area contributed by atoms with E-state index in [0.29, 0.717) is 10.7 Å². The number of aryl methyl sites for hydroxylation is 2. The number of aromatic nitrogens is 6. The van der Waals surface area contributed by atoms with Gasteiger partial charge in [0.05, 0.1) is 13.4 Å². The minimum absolute atomic E-state index is 0.509. The molecule has 3 aromatic heterocycles. The van der Waals surface area contributed by atoms with Crippen LogP contribution < -0.4 is 4.74 Å². The summed E-state index contributed by atoms with van der Waals surface area (Å²) in [6.07, 6.45) is 7.94. The highest BCUT2D eigenvalue weighted by Crippen LogP contribution is 2.20. The third kappa shape index (κ3) is 2.29. The van der Waals surface area contributed by atoms with Gasteiger partial charge in [-0.3, -0.25) is 0 Å². The van der Waals surface area contributed by atoms with E-state index in [1.165, 1.54) is 6.33 Å². The van der Waals surface area contributed by atoms with Crippen LogP contribution in [0.25, 0.3) is 11.2 Å². The van der Waals surface area contributed by atoms with Crippen molar-refractivity contribution in [1.29, 1.82) is 0 Å². The number of imidazole rings is 2. The van der Waals surface area contributed by atoms with Crippen LogP contribution in [0, 0.1) is 4.77 Å². The zero-order valence-corrected chi connectivity index (χ0v) is 11.8. The normalized spacial score (nSPS) is 11.1. The van der Waals surface area contributed by atoms with Crippen LogP contribution in [0.3, 0.4) is 0 Å². The number of H-pyrrole nitrogens is 1. The lowest BCUT2D eigenvalue weighted by atomic mass is 10.4. The molecule has 0 radical (unpaired) electrons. The summed E-state index contributed by atoms with van der Waals surface area (Å²) in [5.41, 5.74) is 1.51. The summed E-state index contributed by atoms with van der Waals surface area (Å²) >= 11 is 5.34. The van der Waals surface area contributed by atoms with Crippen molar-refractivity contribution in [2.45, 2.75) is 19.5 Å². The molecule has 3 aromatic rings. The molecule has 7 nitrogen and oxygen atoms in total. The number of fused-ring (bicyclic) bond motifs is 1. The van der Waals surface area contributed by atoms with Gasteiger partial charge in [-0.05, 0) is 18.6 Å². The first-order valence-electron chi connectivity index (χ1n) is 6.23. The van der Waals surface area contributed by atoms with Gasteiger partial charge in [0.25, 0.3) is 0 Å². The fourth-order valence-electron chi connectivity index (χ4n) is 2.14. The van der Waals surface area contributed by atoms with E-state index in [1.807, 2.05) is 15.3 Å². The topological polar surface area (TPSA) is 73.6 Å². The molecule has 8 heteroatoms. The van der Waals surface area contributed by atoms with Gasteiger partial charge < -0.3 is 18.9 Å². The predicted octanol–water partition coefficient (Wildman–Crippen LogP) is 1.78. The minimum atomic E-state index is 0.509. The smallest absolute Gasteiger partial charge is 0.242 e. The summed E-state index contributed by atoms with van der Waals surface area (Å²) in [4.78, 5) is 15.5. The van der Waals surface area contributed by atoms with E-state index in [1.54, 1.807) is 19.6 Å². The molecule has 0 bridgehead atoms. The molecule has 0 aliphatic rings. The molecule has 0 atom stereocenters. The number of ether oxygens (including phenoxy) is 1. The van der Waals surface area contributed by atoms with Crippen LogP contribution >= 0.6 is 12.2 Å². The molecule has 3 heterocycles. The first-order valence-corrected chi connectivity index (χ1v) is 6.63. The average Bonchev–Trinajstić information content (AvgIpc) is 3.07. The van der Waals surface area contributed by atoms with Crippen molar-refractivity contribution in [3.05, 3.63) is 29.8 Å². The molecule has 0 aromatic carbocycles. The molecule has 0 saturated heterocycles. The second-order valence-corrected chi connectivity index (χ2v) is 4.70. The lowest BCUT2D eigenvalue weighted by Gasteiger charge is -2.05. The SMILES string of the molecule is COc1ncnc2c1[nH]c(=S)n2CCCn1ccnc1. The maximum absolute atomic E-state index is 5.34. The molecule has 3 rings (SSSR count). The van der Waals surface area contributed by atoms with E-state index in [4.69, 9.17) is 17.0 Å². The van der Waals surface area contributed by atoms with Gasteiger partial charge in [-0.25, -0.2) is 9.97 Å². The van der Waals surface area contributed by atoms with E-state index in [2.05, 4.69) is 19.9 Å². The lowest BCUT2D eigenvalue weighted by molar-refractivity contribution is 0.401. The highest BCUT2D eigenvalue weighted by Gasteiger charge is 2.10. The average molecular weight is 290 g/mol. The van der Waals surface area contributed by atoms with Crippen LogP contribution in [-0.2, 0) is 13.1 Å². The van der Waals surface area contributed by atoms with Crippen LogP contribution in [0.2, 0.25) is 0 Å². The van der Waals surface area contributed by atoms with Crippen molar-refractivity contribution < 1.29 is 4.74 Å². The van der Waals surface area contributed by atoms with E-state index in [-0.39, 0.29) is 0 Å². The maximum atomic E-state index is 5.34. The van der Waals surface area contributed by atoms with Gasteiger partial charge >= 0.3 is 0 Å². The van der Waals surface area contributed by atoms with E-state index in [9.17, 15) is 0 Å². The minimum Gasteiger partial charge on any atom is -0.479 e. The van der Waals surface area contributed by atoms with Crippen LogP contribution in [0.15, 0.2) is 25.0 Å². The summed E-state index contributed by atoms with van der Waals surface area (Å²) in [6, 6.07) is 0. The van der Waals surface area contributed by atoms with E-state index < -0.39 is 0 Å². The first kappa shape index (κ1) is 12.8. The van der Waals surface area contributed by atoms with E-state index >= 15 is 0 Å². The number of hydrogen-bond donors (Lipinski definition) is 1. The van der Waals surface area contributed by atoms with Crippen LogP contribution in [0.4, 0.5) is 0 Å². The molecule has 20 heavy (non-hydrogen) atoms. The predicted molar refractivity (Wildman–Crippen MR) is 76.1 cm³/mol. The molecule has 1 N–H and O–H groups in total. The maximum Gasteiger partial charge on any atom is 0.242 e. The second-order valence-electron chi connectivity index (χ2n) is 4.32. The van der Waals surface area contributed by atoms with Crippen LogP contribution in [0.1, 0.15) is 6.42 Å². The van der Waals surface area contributed by atoms with Gasteiger partial charge in [0.15, 0.2) is 10.4 Å². The molecule has 0 aliphatic carbocycles. The summed E-state index contributed by atoms with van der Waals surface area (Å²) in [5, 5.41) is 0. The van der Waals surface area contributed by atoms with Gasteiger partial charge in [-0.1, -0.05) is 0 Å². The third-order valence-electron chi connectivity index (χ3n) is 3.08. The van der Waals surface area contributed by atoms with Gasteiger partial charge in [-0.15, -0.1) is 0 Å². The van der Waals surface area contributed by atoms with Crippen molar-refractivity contribution in [2.24, 2.45) is 0 Å². The molecule has 0 saturated carbocycles. The Morgan fingerprint density at radius 1 is 1.35 bits per heavy atom. The summed E-state index contributed by atoms with van der Waals surface area (Å²) in [5.74, 6) is 0.509. The number of nitrogens with one attached hydrogen (secondary N) is 1. The fraction of sp³-hybridized carbons (Fsp3) is 0.333. The zero-order chi connectivity index (χ0) is 13.9. The highest BCUT2D eigenvalue weighted by atomic mass is 32.1. The molecule has 0 aliphatic heterocycles. The monoisotopic (exact) mass is 290 g/mol. The summed E-state index contributed by atoms with van der Waals surface area (Å²) < 4.78 is 9.83. The van der Waals surface area contributed by atoms with Gasteiger partial charge in [0.2, 0.25) is 5.88 Å².